The molecule has 2 unspecified atom stereocenters. The van der Waals surface area contributed by atoms with Gasteiger partial charge in [-0.3, -0.25) is 9.69 Å². The van der Waals surface area contributed by atoms with Gasteiger partial charge in [0.05, 0.1) is 10.6 Å². The normalized spacial score (nSPS) is 23.7. The first-order chi connectivity index (χ1) is 21.9. The highest BCUT2D eigenvalue weighted by Crippen LogP contribution is 2.46. The molecule has 2 fully saturated rings. The largest absolute Gasteiger partial charge is 0.476 e. The molecule has 3 aliphatic rings. The van der Waals surface area contributed by atoms with Gasteiger partial charge >= 0.3 is 0 Å². The highest BCUT2D eigenvalue weighted by Gasteiger charge is 2.51. The number of ketones is 1. The third kappa shape index (κ3) is 6.69. The van der Waals surface area contributed by atoms with Gasteiger partial charge in [-0.1, -0.05) is 51.1 Å². The van der Waals surface area contributed by atoms with Crippen LogP contribution in [-0.2, 0) is 24.3 Å². The topological polar surface area (TPSA) is 114 Å². The van der Waals surface area contributed by atoms with Gasteiger partial charge in [-0.15, -0.1) is 0 Å². The molecule has 2 aliphatic heterocycles. The van der Waals surface area contributed by atoms with Crippen molar-refractivity contribution in [1.82, 2.24) is 14.9 Å². The molecular weight excluding hydrogens is 604 g/mol. The van der Waals surface area contributed by atoms with E-state index in [1.54, 1.807) is 24.3 Å². The number of benzene rings is 2. The number of hydrogen-bond donors (Lipinski definition) is 0. The molecular formula is C35H44N4O6S. The molecule has 6 rings (SSSR count). The average molecular weight is 649 g/mol. The quantitative estimate of drug-likeness (QED) is 0.309. The Kier molecular flexibility index (Phi) is 8.97. The molecule has 10 nitrogen and oxygen atoms in total. The lowest BCUT2D eigenvalue weighted by molar-refractivity contribution is -0.122. The van der Waals surface area contributed by atoms with Crippen LogP contribution in [-0.4, -0.2) is 67.8 Å². The lowest BCUT2D eigenvalue weighted by Crippen LogP contribution is -2.50. The zero-order valence-corrected chi connectivity index (χ0v) is 28.3. The van der Waals surface area contributed by atoms with Gasteiger partial charge in [0.15, 0.2) is 0 Å². The standard InChI is InChI=1S/C35H44N4O6S/c1-22-9-7-10-23(2)31(22)29-18-30-37-34(36-29)38(21-43-6)46(41,42)28-12-8-11-24(17-28)32-33(45-32)39(25-13-15-27(40)16-14-25)26(20-44-30)19-35(3,4)5/h7-12,17-18,25-26,32-33H,13-16,19-21H2,1-6H3/t26-,32?,33?/m1/s1. The third-order valence-corrected chi connectivity index (χ3v) is 10.8. The minimum atomic E-state index is -4.15. The molecule has 1 saturated heterocycles. The first kappa shape index (κ1) is 32.6. The molecule has 3 heterocycles. The summed E-state index contributed by atoms with van der Waals surface area (Å²) in [5.41, 5.74) is 4.20. The van der Waals surface area contributed by atoms with Crippen molar-refractivity contribution in [2.45, 2.75) is 96.0 Å². The van der Waals surface area contributed by atoms with E-state index in [0.717, 1.165) is 45.8 Å². The molecule has 1 saturated carbocycles. The van der Waals surface area contributed by atoms with Gasteiger partial charge in [-0.2, -0.15) is 4.98 Å². The summed E-state index contributed by atoms with van der Waals surface area (Å²) in [5.74, 6) is 0.534. The van der Waals surface area contributed by atoms with Crippen molar-refractivity contribution >= 4 is 21.8 Å². The van der Waals surface area contributed by atoms with E-state index in [-0.39, 0.29) is 53.3 Å². The van der Waals surface area contributed by atoms with E-state index in [1.165, 1.54) is 7.11 Å². The number of rotatable bonds is 5. The number of Topliss-reactive ketones (excluding diaryl/α,β-unsaturated/α-hetero) is 1. The minimum Gasteiger partial charge on any atom is -0.476 e. The van der Waals surface area contributed by atoms with Crippen molar-refractivity contribution in [2.24, 2.45) is 5.41 Å². The molecule has 11 heteroatoms. The Hall–Kier alpha value is -3.38. The van der Waals surface area contributed by atoms with Gasteiger partial charge in [0.2, 0.25) is 11.8 Å². The van der Waals surface area contributed by atoms with Crippen molar-refractivity contribution in [2.75, 3.05) is 24.8 Å². The van der Waals surface area contributed by atoms with Crippen LogP contribution < -0.4 is 9.04 Å². The first-order valence-corrected chi connectivity index (χ1v) is 17.4. The lowest BCUT2D eigenvalue weighted by Gasteiger charge is -2.41. The number of aromatic nitrogens is 2. The summed E-state index contributed by atoms with van der Waals surface area (Å²) in [6, 6.07) is 14.8. The summed E-state index contributed by atoms with van der Waals surface area (Å²) >= 11 is 0. The fourth-order valence-electron chi connectivity index (χ4n) is 6.93. The smallest absolute Gasteiger partial charge is 0.268 e. The average Bonchev–Trinajstić information content (AvgIpc) is 3.79. The van der Waals surface area contributed by atoms with E-state index >= 15 is 0 Å². The van der Waals surface area contributed by atoms with Crippen molar-refractivity contribution in [3.05, 3.63) is 65.2 Å². The van der Waals surface area contributed by atoms with Crippen LogP contribution in [0.15, 0.2) is 53.4 Å². The third-order valence-electron chi connectivity index (χ3n) is 9.06. The van der Waals surface area contributed by atoms with E-state index < -0.39 is 10.0 Å². The maximum Gasteiger partial charge on any atom is 0.268 e. The number of hydrogen-bond acceptors (Lipinski definition) is 9. The number of epoxide rings is 1. The Bertz CT molecular complexity index is 1690. The summed E-state index contributed by atoms with van der Waals surface area (Å²) in [6.45, 7) is 10.7. The highest BCUT2D eigenvalue weighted by atomic mass is 32.2. The second-order valence-electron chi connectivity index (χ2n) is 13.9. The predicted octanol–water partition coefficient (Wildman–Crippen LogP) is 5.97. The van der Waals surface area contributed by atoms with Crippen LogP contribution >= 0.6 is 0 Å². The number of sulfonamides is 1. The van der Waals surface area contributed by atoms with E-state index in [2.05, 4.69) is 30.7 Å². The second-order valence-corrected chi connectivity index (χ2v) is 15.8. The van der Waals surface area contributed by atoms with Crippen LogP contribution in [0, 0.1) is 19.3 Å². The highest BCUT2D eigenvalue weighted by molar-refractivity contribution is 7.92. The summed E-state index contributed by atoms with van der Waals surface area (Å²) in [4.78, 5) is 24.3. The van der Waals surface area contributed by atoms with Gasteiger partial charge < -0.3 is 14.2 Å². The second kappa shape index (κ2) is 12.7. The molecule has 46 heavy (non-hydrogen) atoms. The van der Waals surface area contributed by atoms with Gasteiger partial charge in [0.25, 0.3) is 10.0 Å². The molecule has 1 aliphatic carbocycles. The summed E-state index contributed by atoms with van der Waals surface area (Å²) in [7, 11) is -2.71. The molecule has 0 N–H and O–H groups in total. The molecule has 4 bridgehead atoms. The predicted molar refractivity (Wildman–Crippen MR) is 175 cm³/mol. The monoisotopic (exact) mass is 648 g/mol. The van der Waals surface area contributed by atoms with Crippen LogP contribution in [0.2, 0.25) is 0 Å². The molecule has 3 aromatic rings. The maximum atomic E-state index is 14.3. The van der Waals surface area contributed by atoms with Gasteiger partial charge in [-0.25, -0.2) is 17.7 Å². The Labute approximate surface area is 272 Å². The van der Waals surface area contributed by atoms with E-state index in [1.807, 2.05) is 38.1 Å². The number of ether oxygens (including phenoxy) is 3. The van der Waals surface area contributed by atoms with E-state index in [0.29, 0.717) is 30.9 Å². The molecule has 246 valence electrons. The fraction of sp³-hybridized carbons (Fsp3) is 0.514. The van der Waals surface area contributed by atoms with Crippen LogP contribution in [0.4, 0.5) is 5.95 Å². The van der Waals surface area contributed by atoms with Crippen molar-refractivity contribution < 1.29 is 27.4 Å². The Balaban J connectivity index is 1.53. The molecule has 0 amide bonds. The Morgan fingerprint density at radius 3 is 2.37 bits per heavy atom. The van der Waals surface area contributed by atoms with E-state index in [9.17, 15) is 13.2 Å². The number of aryl methyl sites for hydroxylation is 2. The molecule has 0 radical (unpaired) electrons. The molecule has 0 spiro atoms. The van der Waals surface area contributed by atoms with Crippen LogP contribution in [0.25, 0.3) is 11.3 Å². The van der Waals surface area contributed by atoms with Gasteiger partial charge in [-0.05, 0) is 67.3 Å². The number of carbonyl (C=O) groups excluding carboxylic acids is 1. The first-order valence-electron chi connectivity index (χ1n) is 16.0. The number of methoxy groups -OCH3 is 1. The zero-order chi connectivity index (χ0) is 32.8. The lowest BCUT2D eigenvalue weighted by atomic mass is 9.85. The van der Waals surface area contributed by atoms with Gasteiger partial charge in [0, 0.05) is 43.7 Å². The number of anilines is 1. The maximum absolute atomic E-state index is 14.3. The van der Waals surface area contributed by atoms with Crippen molar-refractivity contribution in [3.63, 3.8) is 0 Å². The number of nitrogens with zero attached hydrogens (tertiary/aromatic N) is 4. The van der Waals surface area contributed by atoms with E-state index in [4.69, 9.17) is 19.2 Å². The summed E-state index contributed by atoms with van der Waals surface area (Å²) in [5, 5.41) is 0. The zero-order valence-electron chi connectivity index (χ0n) is 27.5. The van der Waals surface area contributed by atoms with Crippen LogP contribution in [0.3, 0.4) is 0 Å². The van der Waals surface area contributed by atoms with Crippen molar-refractivity contribution in [3.8, 4) is 17.1 Å². The Morgan fingerprint density at radius 2 is 1.70 bits per heavy atom. The van der Waals surface area contributed by atoms with Crippen LogP contribution in [0.5, 0.6) is 5.88 Å². The number of carbonyl (C=O) groups is 1. The van der Waals surface area contributed by atoms with Crippen molar-refractivity contribution in [1.29, 1.82) is 0 Å². The Morgan fingerprint density at radius 1 is 1.00 bits per heavy atom. The summed E-state index contributed by atoms with van der Waals surface area (Å²) in [6.07, 6.45) is 2.82. The van der Waals surface area contributed by atoms with Crippen LogP contribution in [0.1, 0.15) is 75.7 Å². The molecule has 3 atom stereocenters. The van der Waals surface area contributed by atoms with Gasteiger partial charge in [0.1, 0.15) is 31.5 Å². The SMILES string of the molecule is COCN1c2nc(cc(-c3c(C)cccc3C)n2)OC[C@@H](CC(C)(C)C)N(C2CCC(=O)CC2)C2OC2c2cccc(c2)S1(=O)=O. The molecule has 2 aromatic carbocycles. The number of fused-ring (bicyclic) bond motifs is 6. The minimum absolute atomic E-state index is 0.0316. The fourth-order valence-corrected chi connectivity index (χ4v) is 8.26. The molecule has 1 aromatic heterocycles. The summed E-state index contributed by atoms with van der Waals surface area (Å²) < 4.78 is 48.0.